The number of rotatable bonds is 5. The summed E-state index contributed by atoms with van der Waals surface area (Å²) in [7, 11) is 2.97. The molecule has 1 aliphatic rings. The van der Waals surface area contributed by atoms with Gasteiger partial charge in [-0.2, -0.15) is 13.5 Å². The highest BCUT2D eigenvalue weighted by molar-refractivity contribution is 7.59. The third-order valence-corrected chi connectivity index (χ3v) is 5.24. The van der Waals surface area contributed by atoms with Gasteiger partial charge in [-0.05, 0) is 35.7 Å². The fraction of sp³-hybridized carbons (Fsp3) is 0.391. The molecular formula is C23H29NO5S. The summed E-state index contributed by atoms with van der Waals surface area (Å²) < 4.78 is 16.0. The topological polar surface area (TPSA) is 65.1 Å². The number of nitrogens with zero attached hydrogens (tertiary/aromatic N) is 1. The van der Waals surface area contributed by atoms with Crippen molar-refractivity contribution in [2.45, 2.75) is 32.9 Å². The number of hydrogen-bond donors (Lipinski definition) is 0. The van der Waals surface area contributed by atoms with Crippen molar-refractivity contribution >= 4 is 25.4 Å². The second kappa shape index (κ2) is 10.4. The van der Waals surface area contributed by atoms with Gasteiger partial charge in [0.2, 0.25) is 5.91 Å². The van der Waals surface area contributed by atoms with Gasteiger partial charge in [0.25, 0.3) is 0 Å². The Morgan fingerprint density at radius 1 is 1.13 bits per heavy atom. The van der Waals surface area contributed by atoms with Crippen LogP contribution in [0.4, 0.5) is 0 Å². The van der Waals surface area contributed by atoms with Gasteiger partial charge >= 0.3 is 5.97 Å². The highest BCUT2D eigenvalue weighted by Gasteiger charge is 2.31. The fourth-order valence-corrected chi connectivity index (χ4v) is 3.48. The number of benzene rings is 2. The van der Waals surface area contributed by atoms with Gasteiger partial charge < -0.3 is 19.1 Å². The Labute approximate surface area is 184 Å². The number of ether oxygens (including phenoxy) is 3. The monoisotopic (exact) mass is 431 g/mol. The summed E-state index contributed by atoms with van der Waals surface area (Å²) in [6.45, 7) is 4.98. The molecule has 1 aliphatic heterocycles. The van der Waals surface area contributed by atoms with Crippen molar-refractivity contribution in [3.63, 3.8) is 0 Å². The lowest BCUT2D eigenvalue weighted by atomic mass is 10.0. The van der Waals surface area contributed by atoms with Gasteiger partial charge in [0.05, 0.1) is 32.2 Å². The van der Waals surface area contributed by atoms with Gasteiger partial charge in [-0.1, -0.05) is 32.0 Å². The highest BCUT2D eigenvalue weighted by Crippen LogP contribution is 2.29. The Morgan fingerprint density at radius 2 is 1.83 bits per heavy atom. The summed E-state index contributed by atoms with van der Waals surface area (Å²) in [5.41, 5.74) is 2.25. The third kappa shape index (κ3) is 5.27. The molecule has 0 bridgehead atoms. The molecule has 0 N–H and O–H groups in total. The minimum absolute atomic E-state index is 0. The van der Waals surface area contributed by atoms with E-state index in [4.69, 9.17) is 14.2 Å². The summed E-state index contributed by atoms with van der Waals surface area (Å²) in [6.07, 6.45) is 0.308. The standard InChI is InChI=1S/C23H27NO5.H2S/c1-15(2)20-14-29-21-12-17(23(26)28-4)7-8-18(21)13-24(20)22(25)11-16-5-9-19(27-3)10-6-16;/h5-10,12,15,20H,11,13-14H2,1-4H3;1H2/t20-;/m1./s1. The Bertz CT molecular complexity index is 882. The van der Waals surface area contributed by atoms with E-state index in [0.717, 1.165) is 16.9 Å². The van der Waals surface area contributed by atoms with Crippen molar-refractivity contribution in [2.75, 3.05) is 20.8 Å². The quantitative estimate of drug-likeness (QED) is 0.677. The molecule has 1 heterocycles. The van der Waals surface area contributed by atoms with Crippen LogP contribution in [0.5, 0.6) is 11.5 Å². The maximum absolute atomic E-state index is 13.2. The molecule has 30 heavy (non-hydrogen) atoms. The Balaban J connectivity index is 0.00000320. The number of carbonyl (C=O) groups excluding carboxylic acids is 2. The first-order valence-electron chi connectivity index (χ1n) is 9.69. The molecule has 7 heteroatoms. The molecule has 0 aromatic heterocycles. The average Bonchev–Trinajstić information content (AvgIpc) is 2.93. The van der Waals surface area contributed by atoms with Crippen molar-refractivity contribution in [1.29, 1.82) is 0 Å². The summed E-state index contributed by atoms with van der Waals surface area (Å²) >= 11 is 0. The normalized spacial score (nSPS) is 15.4. The Morgan fingerprint density at radius 3 is 2.43 bits per heavy atom. The maximum atomic E-state index is 13.2. The maximum Gasteiger partial charge on any atom is 0.337 e. The van der Waals surface area contributed by atoms with Crippen LogP contribution in [0.15, 0.2) is 42.5 Å². The molecule has 0 radical (unpaired) electrons. The van der Waals surface area contributed by atoms with Gasteiger partial charge in [0.1, 0.15) is 18.1 Å². The van der Waals surface area contributed by atoms with Crippen LogP contribution in [-0.2, 0) is 22.5 Å². The molecule has 2 aromatic carbocycles. The lowest BCUT2D eigenvalue weighted by Gasteiger charge is -2.32. The van der Waals surface area contributed by atoms with E-state index >= 15 is 0 Å². The van der Waals surface area contributed by atoms with Crippen LogP contribution in [0.1, 0.15) is 35.3 Å². The van der Waals surface area contributed by atoms with Crippen molar-refractivity contribution in [1.82, 2.24) is 4.90 Å². The molecule has 0 saturated carbocycles. The third-order valence-electron chi connectivity index (χ3n) is 5.24. The molecule has 162 valence electrons. The van der Waals surface area contributed by atoms with E-state index in [0.29, 0.717) is 30.9 Å². The van der Waals surface area contributed by atoms with E-state index in [1.807, 2.05) is 35.2 Å². The fourth-order valence-electron chi connectivity index (χ4n) is 3.48. The molecule has 1 atom stereocenters. The minimum atomic E-state index is -0.409. The van der Waals surface area contributed by atoms with Crippen LogP contribution in [-0.4, -0.2) is 43.6 Å². The second-order valence-electron chi connectivity index (χ2n) is 7.48. The first-order valence-corrected chi connectivity index (χ1v) is 9.69. The van der Waals surface area contributed by atoms with E-state index in [1.54, 1.807) is 19.2 Å². The van der Waals surface area contributed by atoms with Crippen molar-refractivity contribution < 1.29 is 23.8 Å². The van der Waals surface area contributed by atoms with Gasteiger partial charge in [-0.15, -0.1) is 0 Å². The number of fused-ring (bicyclic) bond motifs is 1. The molecule has 0 fully saturated rings. The lowest BCUT2D eigenvalue weighted by molar-refractivity contribution is -0.135. The van der Waals surface area contributed by atoms with Gasteiger partial charge in [-0.25, -0.2) is 4.79 Å². The number of amides is 1. The highest BCUT2D eigenvalue weighted by atomic mass is 32.1. The second-order valence-corrected chi connectivity index (χ2v) is 7.48. The van der Waals surface area contributed by atoms with Crippen LogP contribution in [0, 0.1) is 5.92 Å². The number of esters is 1. The van der Waals surface area contributed by atoms with E-state index < -0.39 is 5.97 Å². The van der Waals surface area contributed by atoms with Crippen LogP contribution in [0.3, 0.4) is 0 Å². The minimum Gasteiger partial charge on any atom is -0.497 e. The zero-order chi connectivity index (χ0) is 21.0. The SMILES string of the molecule is COC(=O)c1ccc2c(c1)OC[C@H](C(C)C)N(C(=O)Cc1ccc(OC)cc1)C2.S. The zero-order valence-corrected chi connectivity index (χ0v) is 18.8. The van der Waals surface area contributed by atoms with E-state index in [1.165, 1.54) is 7.11 Å². The zero-order valence-electron chi connectivity index (χ0n) is 17.8. The van der Waals surface area contributed by atoms with Crippen LogP contribution >= 0.6 is 13.5 Å². The lowest BCUT2D eigenvalue weighted by Crippen LogP contribution is -2.45. The van der Waals surface area contributed by atoms with Crippen LogP contribution in [0.25, 0.3) is 0 Å². The van der Waals surface area contributed by atoms with Crippen molar-refractivity contribution in [3.05, 3.63) is 59.2 Å². The summed E-state index contributed by atoms with van der Waals surface area (Å²) in [5.74, 6) is 1.25. The summed E-state index contributed by atoms with van der Waals surface area (Å²) in [4.78, 5) is 26.9. The molecule has 0 saturated heterocycles. The Hall–Kier alpha value is -2.67. The molecule has 0 spiro atoms. The first-order chi connectivity index (χ1) is 13.9. The van der Waals surface area contributed by atoms with Gasteiger partial charge in [0.15, 0.2) is 0 Å². The van der Waals surface area contributed by atoms with E-state index in [2.05, 4.69) is 13.8 Å². The van der Waals surface area contributed by atoms with E-state index in [9.17, 15) is 9.59 Å². The van der Waals surface area contributed by atoms with Crippen LogP contribution < -0.4 is 9.47 Å². The molecule has 3 rings (SSSR count). The predicted molar refractivity (Wildman–Crippen MR) is 120 cm³/mol. The summed E-state index contributed by atoms with van der Waals surface area (Å²) in [6, 6.07) is 12.7. The van der Waals surface area contributed by atoms with Crippen LogP contribution in [0.2, 0.25) is 0 Å². The van der Waals surface area contributed by atoms with Crippen molar-refractivity contribution in [2.24, 2.45) is 5.92 Å². The molecule has 2 aromatic rings. The number of methoxy groups -OCH3 is 2. The molecular weight excluding hydrogens is 402 g/mol. The van der Waals surface area contributed by atoms with Crippen molar-refractivity contribution in [3.8, 4) is 11.5 Å². The van der Waals surface area contributed by atoms with Gasteiger partial charge in [0, 0.05) is 12.1 Å². The molecule has 0 aliphatic carbocycles. The summed E-state index contributed by atoms with van der Waals surface area (Å²) in [5, 5.41) is 0. The Kier molecular flexibility index (Phi) is 8.17. The first kappa shape index (κ1) is 23.6. The van der Waals surface area contributed by atoms with E-state index in [-0.39, 0.29) is 31.4 Å². The molecule has 0 unspecified atom stereocenters. The average molecular weight is 432 g/mol. The largest absolute Gasteiger partial charge is 0.497 e. The predicted octanol–water partition coefficient (Wildman–Crippen LogP) is 3.58. The van der Waals surface area contributed by atoms with Gasteiger partial charge in [-0.3, -0.25) is 4.79 Å². The number of hydrogen-bond acceptors (Lipinski definition) is 5. The molecule has 1 amide bonds. The molecule has 6 nitrogen and oxygen atoms in total. The smallest absolute Gasteiger partial charge is 0.337 e. The number of carbonyl (C=O) groups is 2.